The summed E-state index contributed by atoms with van der Waals surface area (Å²) in [5.74, 6) is -0.154. The normalized spacial score (nSPS) is 11.4. The predicted molar refractivity (Wildman–Crippen MR) is 92.0 cm³/mol. The van der Waals surface area contributed by atoms with Crippen LogP contribution in [0, 0.1) is 0 Å². The topological polar surface area (TPSA) is 78.0 Å². The second-order valence-electron chi connectivity index (χ2n) is 6.02. The third-order valence-corrected chi connectivity index (χ3v) is 3.90. The Bertz CT molecular complexity index is 617. The zero-order chi connectivity index (χ0) is 16.7. The highest BCUT2D eigenvalue weighted by molar-refractivity contribution is 5.92. The summed E-state index contributed by atoms with van der Waals surface area (Å²) in [6.45, 7) is 4.04. The highest BCUT2D eigenvalue weighted by atomic mass is 16.3. The van der Waals surface area contributed by atoms with Crippen LogP contribution in [0.25, 0.3) is 11.1 Å². The zero-order valence-corrected chi connectivity index (χ0v) is 13.8. The number of nitrogens with one attached hydrogen (secondary N) is 2. The van der Waals surface area contributed by atoms with Crippen LogP contribution in [-0.4, -0.2) is 26.8 Å². The van der Waals surface area contributed by atoms with E-state index in [0.717, 1.165) is 29.7 Å². The van der Waals surface area contributed by atoms with Crippen LogP contribution >= 0.6 is 0 Å². The summed E-state index contributed by atoms with van der Waals surface area (Å²) in [7, 11) is 0. The summed E-state index contributed by atoms with van der Waals surface area (Å²) < 4.78 is 0. The highest BCUT2D eigenvalue weighted by Gasteiger charge is 2.28. The van der Waals surface area contributed by atoms with Gasteiger partial charge in [0.15, 0.2) is 0 Å². The number of nitrogens with zero attached hydrogens (tertiary/aromatic N) is 1. The summed E-state index contributed by atoms with van der Waals surface area (Å²) in [6.07, 6.45) is 6.68. The van der Waals surface area contributed by atoms with Gasteiger partial charge in [-0.05, 0) is 30.5 Å². The average Bonchev–Trinajstić information content (AvgIpc) is 3.01. The molecule has 2 rings (SSSR count). The first kappa shape index (κ1) is 17.2. The Balaban J connectivity index is 2.04. The van der Waals surface area contributed by atoms with E-state index >= 15 is 0 Å². The molecule has 3 N–H and O–H groups in total. The summed E-state index contributed by atoms with van der Waals surface area (Å²) >= 11 is 0. The molecular weight excluding hydrogens is 290 g/mol. The van der Waals surface area contributed by atoms with Crippen LogP contribution in [0.3, 0.4) is 0 Å². The molecule has 0 unspecified atom stereocenters. The molecule has 23 heavy (non-hydrogen) atoms. The third-order valence-electron chi connectivity index (χ3n) is 3.90. The highest BCUT2D eigenvalue weighted by Crippen LogP contribution is 2.25. The monoisotopic (exact) mass is 315 g/mol. The van der Waals surface area contributed by atoms with Crippen LogP contribution in [0.1, 0.15) is 46.0 Å². The average molecular weight is 315 g/mol. The van der Waals surface area contributed by atoms with Crippen LogP contribution in [-0.2, 0) is 4.79 Å². The van der Waals surface area contributed by atoms with Crippen molar-refractivity contribution in [2.75, 3.05) is 5.32 Å². The number of aliphatic hydroxyl groups is 1. The van der Waals surface area contributed by atoms with E-state index in [-0.39, 0.29) is 12.3 Å². The van der Waals surface area contributed by atoms with Crippen LogP contribution in [0.15, 0.2) is 36.7 Å². The van der Waals surface area contributed by atoms with E-state index in [1.54, 1.807) is 6.20 Å². The van der Waals surface area contributed by atoms with E-state index in [2.05, 4.69) is 15.5 Å². The van der Waals surface area contributed by atoms with Crippen LogP contribution in [0.4, 0.5) is 5.69 Å². The first-order chi connectivity index (χ1) is 11.1. The van der Waals surface area contributed by atoms with Gasteiger partial charge >= 0.3 is 0 Å². The smallest absolute Gasteiger partial charge is 0.227 e. The van der Waals surface area contributed by atoms with Crippen LogP contribution in [0.2, 0.25) is 0 Å². The van der Waals surface area contributed by atoms with E-state index in [1.165, 1.54) is 0 Å². The fourth-order valence-corrected chi connectivity index (χ4v) is 2.92. The van der Waals surface area contributed by atoms with Crippen molar-refractivity contribution in [3.63, 3.8) is 0 Å². The Kier molecular flexibility index (Phi) is 5.93. The number of carbonyl (C=O) groups excluding carboxylic acids is 1. The largest absolute Gasteiger partial charge is 0.389 e. The molecule has 0 spiro atoms. The SMILES string of the molecule is CCCC(O)(CCC)CC(=O)Nc1cccc(-c2cn[nH]c2)c1. The van der Waals surface area contributed by atoms with Crippen molar-refractivity contribution in [3.05, 3.63) is 36.7 Å². The van der Waals surface area contributed by atoms with Gasteiger partial charge in [0, 0.05) is 17.4 Å². The molecule has 0 aliphatic heterocycles. The van der Waals surface area contributed by atoms with Gasteiger partial charge in [0.25, 0.3) is 0 Å². The van der Waals surface area contributed by atoms with Crippen molar-refractivity contribution in [2.45, 2.75) is 51.6 Å². The minimum absolute atomic E-state index is 0.130. The molecule has 1 amide bonds. The van der Waals surface area contributed by atoms with Crippen LogP contribution in [0.5, 0.6) is 0 Å². The first-order valence-electron chi connectivity index (χ1n) is 8.18. The standard InChI is InChI=1S/C18H25N3O2/c1-3-8-18(23,9-4-2)11-17(22)21-16-7-5-6-14(10-16)15-12-19-20-13-15/h5-7,10,12-13,23H,3-4,8-9,11H2,1-2H3,(H,19,20)(H,21,22). The molecule has 1 heterocycles. The summed E-state index contributed by atoms with van der Waals surface area (Å²) in [5, 5.41) is 20.2. The van der Waals surface area contributed by atoms with Gasteiger partial charge in [-0.1, -0.05) is 38.8 Å². The number of benzene rings is 1. The van der Waals surface area contributed by atoms with Gasteiger partial charge in [-0.3, -0.25) is 9.89 Å². The lowest BCUT2D eigenvalue weighted by Crippen LogP contribution is -2.33. The fourth-order valence-electron chi connectivity index (χ4n) is 2.92. The van der Waals surface area contributed by atoms with E-state index in [4.69, 9.17) is 0 Å². The fraction of sp³-hybridized carbons (Fsp3) is 0.444. The Morgan fingerprint density at radius 2 is 2.00 bits per heavy atom. The van der Waals surface area contributed by atoms with E-state index in [9.17, 15) is 9.90 Å². The number of hydrogen-bond acceptors (Lipinski definition) is 3. The molecule has 0 bridgehead atoms. The number of aromatic amines is 1. The molecule has 5 nitrogen and oxygen atoms in total. The Morgan fingerprint density at radius 3 is 2.61 bits per heavy atom. The summed E-state index contributed by atoms with van der Waals surface area (Å²) in [5.41, 5.74) is 1.77. The molecule has 124 valence electrons. The molecule has 0 atom stereocenters. The van der Waals surface area contributed by atoms with Crippen molar-refractivity contribution in [1.82, 2.24) is 10.2 Å². The maximum absolute atomic E-state index is 12.3. The Hall–Kier alpha value is -2.14. The lowest BCUT2D eigenvalue weighted by molar-refractivity contribution is -0.121. The van der Waals surface area contributed by atoms with Crippen molar-refractivity contribution in [2.24, 2.45) is 0 Å². The molecule has 1 aromatic heterocycles. The van der Waals surface area contributed by atoms with E-state index in [0.29, 0.717) is 12.8 Å². The van der Waals surface area contributed by atoms with E-state index in [1.807, 2.05) is 44.3 Å². The molecule has 0 aliphatic rings. The number of anilines is 1. The number of hydrogen-bond donors (Lipinski definition) is 3. The van der Waals surface area contributed by atoms with Crippen LogP contribution < -0.4 is 5.32 Å². The van der Waals surface area contributed by atoms with E-state index < -0.39 is 5.60 Å². The zero-order valence-electron chi connectivity index (χ0n) is 13.8. The third kappa shape index (κ3) is 4.93. The Morgan fingerprint density at radius 1 is 1.26 bits per heavy atom. The van der Waals surface area contributed by atoms with Gasteiger partial charge in [0.1, 0.15) is 0 Å². The summed E-state index contributed by atoms with van der Waals surface area (Å²) in [4.78, 5) is 12.3. The number of rotatable bonds is 8. The van der Waals surface area contributed by atoms with Gasteiger partial charge < -0.3 is 10.4 Å². The lowest BCUT2D eigenvalue weighted by Gasteiger charge is -2.26. The second-order valence-corrected chi connectivity index (χ2v) is 6.02. The summed E-state index contributed by atoms with van der Waals surface area (Å²) in [6, 6.07) is 7.61. The number of carbonyl (C=O) groups is 1. The van der Waals surface area contributed by atoms with Gasteiger partial charge in [0.2, 0.25) is 5.91 Å². The lowest BCUT2D eigenvalue weighted by atomic mass is 9.89. The van der Waals surface area contributed by atoms with Crippen molar-refractivity contribution in [1.29, 1.82) is 0 Å². The maximum Gasteiger partial charge on any atom is 0.227 e. The van der Waals surface area contributed by atoms with Gasteiger partial charge in [0.05, 0.1) is 18.2 Å². The van der Waals surface area contributed by atoms with Gasteiger partial charge in [-0.15, -0.1) is 0 Å². The van der Waals surface area contributed by atoms with Crippen molar-refractivity contribution >= 4 is 11.6 Å². The number of H-pyrrole nitrogens is 1. The molecule has 0 saturated carbocycles. The minimum Gasteiger partial charge on any atom is -0.389 e. The van der Waals surface area contributed by atoms with Gasteiger partial charge in [-0.2, -0.15) is 5.10 Å². The molecular formula is C18H25N3O2. The van der Waals surface area contributed by atoms with Gasteiger partial charge in [-0.25, -0.2) is 0 Å². The quantitative estimate of drug-likeness (QED) is 0.694. The predicted octanol–water partition coefficient (Wildman–Crippen LogP) is 3.74. The number of amides is 1. The van der Waals surface area contributed by atoms with Crippen molar-refractivity contribution in [3.8, 4) is 11.1 Å². The number of aromatic nitrogens is 2. The minimum atomic E-state index is -0.907. The second kappa shape index (κ2) is 7.92. The molecule has 1 aromatic carbocycles. The molecule has 2 aromatic rings. The Labute approximate surface area is 137 Å². The molecule has 0 radical (unpaired) electrons. The molecule has 0 fully saturated rings. The van der Waals surface area contributed by atoms with Crippen molar-refractivity contribution < 1.29 is 9.90 Å². The molecule has 0 saturated heterocycles. The maximum atomic E-state index is 12.3. The molecule has 5 heteroatoms. The first-order valence-corrected chi connectivity index (χ1v) is 8.18. The molecule has 0 aliphatic carbocycles.